The van der Waals surface area contributed by atoms with Gasteiger partial charge in [-0.2, -0.15) is 0 Å². The van der Waals surface area contributed by atoms with Crippen LogP contribution in [0.3, 0.4) is 0 Å². The van der Waals surface area contributed by atoms with Gasteiger partial charge < -0.3 is 15.0 Å². The van der Waals surface area contributed by atoms with Crippen LogP contribution in [0.5, 0.6) is 5.75 Å². The monoisotopic (exact) mass is 445 g/mol. The maximum absolute atomic E-state index is 12.7. The molecule has 2 aromatic rings. The minimum absolute atomic E-state index is 0.114. The van der Waals surface area contributed by atoms with Gasteiger partial charge in [-0.05, 0) is 61.9 Å². The third-order valence-corrected chi connectivity index (χ3v) is 6.89. The Morgan fingerprint density at radius 3 is 2.39 bits per heavy atom. The summed E-state index contributed by atoms with van der Waals surface area (Å²) in [7, 11) is -2.04. The molecule has 0 aromatic heterocycles. The van der Waals surface area contributed by atoms with Crippen LogP contribution in [0.1, 0.15) is 26.7 Å². The standard InChI is InChI=1S/C22H27N3O5S/c1-4-15(2)24-31(28,29)20-11-5-17(6-12-20)23-22(27)16-13-21(26)25(14-16)18-7-9-19(30-3)10-8-18/h5-12,15-16,24H,4,13-14H2,1-3H3,(H,23,27). The molecule has 8 nitrogen and oxygen atoms in total. The second kappa shape index (κ2) is 9.49. The van der Waals surface area contributed by atoms with Crippen molar-refractivity contribution in [3.05, 3.63) is 48.5 Å². The molecule has 0 spiro atoms. The van der Waals surface area contributed by atoms with Gasteiger partial charge in [0.2, 0.25) is 21.8 Å². The zero-order chi connectivity index (χ0) is 22.6. The lowest BCUT2D eigenvalue weighted by Crippen LogP contribution is -2.32. The summed E-state index contributed by atoms with van der Waals surface area (Å²) in [6.07, 6.45) is 0.796. The highest BCUT2D eigenvalue weighted by atomic mass is 32.2. The first kappa shape index (κ1) is 22.8. The average Bonchev–Trinajstić information content (AvgIpc) is 3.15. The molecular weight excluding hydrogens is 418 g/mol. The smallest absolute Gasteiger partial charge is 0.240 e. The van der Waals surface area contributed by atoms with Gasteiger partial charge in [0.1, 0.15) is 5.75 Å². The van der Waals surface area contributed by atoms with Crippen molar-refractivity contribution in [2.45, 2.75) is 37.6 Å². The normalized spacial score (nSPS) is 17.5. The Morgan fingerprint density at radius 2 is 1.81 bits per heavy atom. The lowest BCUT2D eigenvalue weighted by Gasteiger charge is -2.17. The average molecular weight is 446 g/mol. The summed E-state index contributed by atoms with van der Waals surface area (Å²) in [6.45, 7) is 3.97. The van der Waals surface area contributed by atoms with Crippen LogP contribution in [0.4, 0.5) is 11.4 Å². The van der Waals surface area contributed by atoms with E-state index in [0.29, 0.717) is 23.5 Å². The molecule has 1 fully saturated rings. The molecule has 1 aliphatic heterocycles. The second-order valence-electron chi connectivity index (χ2n) is 7.55. The maximum Gasteiger partial charge on any atom is 0.240 e. The van der Waals surface area contributed by atoms with Crippen LogP contribution in [-0.2, 0) is 19.6 Å². The Labute approximate surface area is 182 Å². The number of nitrogens with one attached hydrogen (secondary N) is 2. The van der Waals surface area contributed by atoms with E-state index in [1.54, 1.807) is 55.3 Å². The number of sulfonamides is 1. The molecular formula is C22H27N3O5S. The quantitative estimate of drug-likeness (QED) is 0.650. The fourth-order valence-electron chi connectivity index (χ4n) is 3.27. The minimum atomic E-state index is -3.61. The van der Waals surface area contributed by atoms with Gasteiger partial charge in [0.25, 0.3) is 0 Å². The van der Waals surface area contributed by atoms with E-state index in [4.69, 9.17) is 4.74 Å². The molecule has 2 amide bonds. The van der Waals surface area contributed by atoms with E-state index in [1.807, 2.05) is 6.92 Å². The highest BCUT2D eigenvalue weighted by Crippen LogP contribution is 2.27. The predicted octanol–water partition coefficient (Wildman–Crippen LogP) is 2.76. The Bertz CT molecular complexity index is 1040. The van der Waals surface area contributed by atoms with Gasteiger partial charge in [-0.25, -0.2) is 13.1 Å². The molecule has 0 radical (unpaired) electrons. The molecule has 166 valence electrons. The first-order valence-electron chi connectivity index (χ1n) is 10.1. The van der Waals surface area contributed by atoms with Crippen molar-refractivity contribution in [2.24, 2.45) is 5.92 Å². The number of carbonyl (C=O) groups excluding carboxylic acids is 2. The third kappa shape index (κ3) is 5.42. The number of hydrogen-bond acceptors (Lipinski definition) is 5. The number of carbonyl (C=O) groups is 2. The lowest BCUT2D eigenvalue weighted by molar-refractivity contribution is -0.122. The number of methoxy groups -OCH3 is 1. The molecule has 3 rings (SSSR count). The summed E-state index contributed by atoms with van der Waals surface area (Å²) in [5.74, 6) is -0.208. The highest BCUT2D eigenvalue weighted by molar-refractivity contribution is 7.89. The van der Waals surface area contributed by atoms with Crippen molar-refractivity contribution in [1.29, 1.82) is 0 Å². The van der Waals surface area contributed by atoms with Crippen LogP contribution in [-0.4, -0.2) is 39.9 Å². The Balaban J connectivity index is 1.63. The van der Waals surface area contributed by atoms with Gasteiger partial charge >= 0.3 is 0 Å². The summed E-state index contributed by atoms with van der Waals surface area (Å²) in [5.41, 5.74) is 1.19. The zero-order valence-electron chi connectivity index (χ0n) is 17.8. The first-order chi connectivity index (χ1) is 14.7. The van der Waals surface area contributed by atoms with Gasteiger partial charge in [-0.15, -0.1) is 0 Å². The molecule has 2 atom stereocenters. The zero-order valence-corrected chi connectivity index (χ0v) is 18.6. The molecule has 1 saturated heterocycles. The van der Waals surface area contributed by atoms with E-state index < -0.39 is 15.9 Å². The molecule has 1 heterocycles. The van der Waals surface area contributed by atoms with Crippen molar-refractivity contribution in [2.75, 3.05) is 23.9 Å². The fourth-order valence-corrected chi connectivity index (χ4v) is 4.60. The van der Waals surface area contributed by atoms with Crippen LogP contribution >= 0.6 is 0 Å². The van der Waals surface area contributed by atoms with Crippen LogP contribution in [0.2, 0.25) is 0 Å². The van der Waals surface area contributed by atoms with Gasteiger partial charge in [0.15, 0.2) is 0 Å². The number of ether oxygens (including phenoxy) is 1. The van der Waals surface area contributed by atoms with Crippen LogP contribution in [0.15, 0.2) is 53.4 Å². The van der Waals surface area contributed by atoms with Crippen LogP contribution in [0, 0.1) is 5.92 Å². The summed E-state index contributed by atoms with van der Waals surface area (Å²) >= 11 is 0. The lowest BCUT2D eigenvalue weighted by atomic mass is 10.1. The number of nitrogens with zero attached hydrogens (tertiary/aromatic N) is 1. The Hall–Kier alpha value is -2.91. The molecule has 2 aromatic carbocycles. The van der Waals surface area contributed by atoms with E-state index in [0.717, 1.165) is 0 Å². The highest BCUT2D eigenvalue weighted by Gasteiger charge is 2.35. The largest absolute Gasteiger partial charge is 0.497 e. The third-order valence-electron chi connectivity index (χ3n) is 5.28. The molecule has 0 aliphatic carbocycles. The minimum Gasteiger partial charge on any atom is -0.497 e. The van der Waals surface area contributed by atoms with E-state index in [-0.39, 0.29) is 35.7 Å². The number of amides is 2. The summed E-state index contributed by atoms with van der Waals surface area (Å²) in [4.78, 5) is 26.8. The van der Waals surface area contributed by atoms with Crippen LogP contribution < -0.4 is 19.7 Å². The number of benzene rings is 2. The van der Waals surface area contributed by atoms with E-state index in [2.05, 4.69) is 10.0 Å². The molecule has 0 saturated carbocycles. The van der Waals surface area contributed by atoms with Crippen molar-refractivity contribution >= 4 is 33.2 Å². The molecule has 31 heavy (non-hydrogen) atoms. The van der Waals surface area contributed by atoms with Crippen molar-refractivity contribution < 1.29 is 22.7 Å². The molecule has 1 aliphatic rings. The second-order valence-corrected chi connectivity index (χ2v) is 9.26. The van der Waals surface area contributed by atoms with Crippen molar-refractivity contribution in [3.63, 3.8) is 0 Å². The van der Waals surface area contributed by atoms with Crippen molar-refractivity contribution in [1.82, 2.24) is 4.72 Å². The molecule has 2 unspecified atom stereocenters. The van der Waals surface area contributed by atoms with E-state index >= 15 is 0 Å². The van der Waals surface area contributed by atoms with E-state index in [9.17, 15) is 18.0 Å². The number of anilines is 2. The summed E-state index contributed by atoms with van der Waals surface area (Å²) in [6, 6.07) is 12.9. The number of hydrogen-bond donors (Lipinski definition) is 2. The summed E-state index contributed by atoms with van der Waals surface area (Å²) in [5, 5.41) is 2.77. The fraction of sp³-hybridized carbons (Fsp3) is 0.364. The van der Waals surface area contributed by atoms with E-state index in [1.165, 1.54) is 12.1 Å². The molecule has 0 bridgehead atoms. The van der Waals surface area contributed by atoms with Gasteiger partial charge in [0, 0.05) is 30.4 Å². The SMILES string of the molecule is CCC(C)NS(=O)(=O)c1ccc(NC(=O)C2CC(=O)N(c3ccc(OC)cc3)C2)cc1. The summed E-state index contributed by atoms with van der Waals surface area (Å²) < 4.78 is 32.4. The number of rotatable bonds is 8. The Morgan fingerprint density at radius 1 is 1.16 bits per heavy atom. The van der Waals surface area contributed by atoms with Gasteiger partial charge in [-0.1, -0.05) is 6.92 Å². The molecule has 2 N–H and O–H groups in total. The Kier molecular flexibility index (Phi) is 6.97. The first-order valence-corrected chi connectivity index (χ1v) is 11.6. The topological polar surface area (TPSA) is 105 Å². The van der Waals surface area contributed by atoms with Gasteiger partial charge in [-0.3, -0.25) is 9.59 Å². The van der Waals surface area contributed by atoms with Crippen LogP contribution in [0.25, 0.3) is 0 Å². The predicted molar refractivity (Wildman–Crippen MR) is 119 cm³/mol. The van der Waals surface area contributed by atoms with Crippen molar-refractivity contribution in [3.8, 4) is 5.75 Å². The van der Waals surface area contributed by atoms with Gasteiger partial charge in [0.05, 0.1) is 17.9 Å². The maximum atomic E-state index is 12.7. The molecule has 9 heteroatoms.